The highest BCUT2D eigenvalue weighted by Gasteiger charge is 2.25. The third kappa shape index (κ3) is 3.15. The number of aromatic amines is 1. The molecule has 2 aromatic heterocycles. The smallest absolute Gasteiger partial charge is 0.268 e. The van der Waals surface area contributed by atoms with Gasteiger partial charge in [0.25, 0.3) is 5.56 Å². The van der Waals surface area contributed by atoms with Crippen LogP contribution in [0, 0.1) is 0 Å². The zero-order chi connectivity index (χ0) is 15.8. The average Bonchev–Trinajstić information content (AvgIpc) is 3.17. The number of rotatable bonds is 2. The lowest BCUT2D eigenvalue weighted by Crippen LogP contribution is -2.47. The summed E-state index contributed by atoms with van der Waals surface area (Å²) in [4.78, 5) is 28.9. The monoisotopic (exact) mass is 349 g/mol. The van der Waals surface area contributed by atoms with E-state index in [0.717, 1.165) is 44.1 Å². The van der Waals surface area contributed by atoms with E-state index < -0.39 is 0 Å². The number of piperazine rings is 1. The van der Waals surface area contributed by atoms with Crippen LogP contribution >= 0.6 is 23.1 Å². The first-order chi connectivity index (χ1) is 11.2. The van der Waals surface area contributed by atoms with Crippen molar-refractivity contribution in [2.45, 2.75) is 18.7 Å². The highest BCUT2D eigenvalue weighted by molar-refractivity contribution is 8.14. The zero-order valence-electron chi connectivity index (χ0n) is 13.0. The summed E-state index contributed by atoms with van der Waals surface area (Å²) in [5.41, 5.74) is 0.780. The van der Waals surface area contributed by atoms with Crippen LogP contribution in [0.4, 0.5) is 0 Å². The van der Waals surface area contributed by atoms with Gasteiger partial charge in [0.1, 0.15) is 10.5 Å². The molecule has 122 valence electrons. The van der Waals surface area contributed by atoms with E-state index in [1.54, 1.807) is 0 Å². The molecule has 23 heavy (non-hydrogen) atoms. The van der Waals surface area contributed by atoms with Crippen LogP contribution in [0.2, 0.25) is 0 Å². The van der Waals surface area contributed by atoms with Crippen LogP contribution in [0.1, 0.15) is 12.7 Å². The number of hydrogen-bond acceptors (Lipinski definition) is 7. The lowest BCUT2D eigenvalue weighted by Gasteiger charge is -2.35. The highest BCUT2D eigenvalue weighted by atomic mass is 32.2. The predicted octanol–water partition coefficient (Wildman–Crippen LogP) is 1.59. The highest BCUT2D eigenvalue weighted by Crippen LogP contribution is 2.23. The van der Waals surface area contributed by atoms with Gasteiger partial charge in [-0.1, -0.05) is 18.7 Å². The first-order valence-corrected chi connectivity index (χ1v) is 9.60. The third-order valence-electron chi connectivity index (χ3n) is 4.17. The molecule has 8 heteroatoms. The lowest BCUT2D eigenvalue weighted by atomic mass is 10.3. The molecule has 1 N–H and O–H groups in total. The number of amidine groups is 1. The van der Waals surface area contributed by atoms with Crippen LogP contribution in [-0.4, -0.2) is 62.9 Å². The summed E-state index contributed by atoms with van der Waals surface area (Å²) in [7, 11) is 0. The van der Waals surface area contributed by atoms with Gasteiger partial charge >= 0.3 is 0 Å². The molecule has 0 saturated carbocycles. The second kappa shape index (κ2) is 6.26. The van der Waals surface area contributed by atoms with Crippen molar-refractivity contribution in [3.63, 3.8) is 0 Å². The van der Waals surface area contributed by atoms with Crippen LogP contribution in [0.3, 0.4) is 0 Å². The number of nitrogens with zero attached hydrogens (tertiary/aromatic N) is 4. The van der Waals surface area contributed by atoms with Crippen LogP contribution in [0.15, 0.2) is 21.2 Å². The number of hydrogen-bond donors (Lipinski definition) is 1. The molecule has 1 atom stereocenters. The maximum atomic E-state index is 12.0. The minimum atomic E-state index is -0.0238. The Morgan fingerprint density at radius 3 is 2.91 bits per heavy atom. The summed E-state index contributed by atoms with van der Waals surface area (Å²) in [6, 6.07) is 1.91. The summed E-state index contributed by atoms with van der Waals surface area (Å²) in [6.07, 6.45) is 0. The van der Waals surface area contributed by atoms with Gasteiger partial charge in [-0.2, -0.15) is 0 Å². The largest absolute Gasteiger partial charge is 0.349 e. The molecule has 0 aliphatic carbocycles. The number of H-pyrrole nitrogens is 1. The normalized spacial score (nSPS) is 22.7. The van der Waals surface area contributed by atoms with Crippen molar-refractivity contribution >= 4 is 38.5 Å². The van der Waals surface area contributed by atoms with Gasteiger partial charge in [-0.25, -0.2) is 4.98 Å². The van der Waals surface area contributed by atoms with Gasteiger partial charge in [0.15, 0.2) is 5.17 Å². The van der Waals surface area contributed by atoms with Crippen molar-refractivity contribution in [3.8, 4) is 0 Å². The van der Waals surface area contributed by atoms with Gasteiger partial charge in [-0.3, -0.25) is 14.7 Å². The molecular formula is C15H19N5OS2. The van der Waals surface area contributed by atoms with E-state index in [-0.39, 0.29) is 5.56 Å². The molecule has 0 radical (unpaired) electrons. The standard InChI is InChI=1S/C15H19N5OS2/c1-10-8-16-15(23-10)20-5-3-19(4-6-20)9-12-17-11-2-7-22-13(11)14(21)18-12/h2,7,10H,3-6,8-9H2,1H3,(H,17,18,21)/t10-/m1/s1. The second-order valence-corrected chi connectivity index (χ2v) is 8.28. The molecule has 0 spiro atoms. The van der Waals surface area contributed by atoms with Crippen LogP contribution in [-0.2, 0) is 6.54 Å². The van der Waals surface area contributed by atoms with Crippen LogP contribution < -0.4 is 5.56 Å². The van der Waals surface area contributed by atoms with E-state index >= 15 is 0 Å². The van der Waals surface area contributed by atoms with Crippen molar-refractivity contribution in [3.05, 3.63) is 27.6 Å². The van der Waals surface area contributed by atoms with E-state index in [2.05, 4.69) is 31.7 Å². The molecule has 0 aromatic carbocycles. The quantitative estimate of drug-likeness (QED) is 0.892. The van der Waals surface area contributed by atoms with Crippen molar-refractivity contribution in [2.24, 2.45) is 4.99 Å². The molecule has 0 unspecified atom stereocenters. The van der Waals surface area contributed by atoms with E-state index in [1.165, 1.54) is 16.5 Å². The molecule has 1 saturated heterocycles. The van der Waals surface area contributed by atoms with Gasteiger partial charge in [0.2, 0.25) is 0 Å². The van der Waals surface area contributed by atoms with Crippen molar-refractivity contribution in [1.82, 2.24) is 19.8 Å². The molecule has 2 aromatic rings. The zero-order valence-corrected chi connectivity index (χ0v) is 14.6. The van der Waals surface area contributed by atoms with Crippen molar-refractivity contribution in [2.75, 3.05) is 32.7 Å². The molecule has 2 aliphatic rings. The number of thioether (sulfide) groups is 1. The first kappa shape index (κ1) is 15.2. The Kier molecular flexibility index (Phi) is 4.13. The fourth-order valence-corrected chi connectivity index (χ4v) is 4.66. The molecular weight excluding hydrogens is 330 g/mol. The molecule has 0 bridgehead atoms. The molecule has 4 heterocycles. The summed E-state index contributed by atoms with van der Waals surface area (Å²) in [6.45, 7) is 7.78. The molecule has 2 aliphatic heterocycles. The third-order valence-corrected chi connectivity index (χ3v) is 6.22. The van der Waals surface area contributed by atoms with Gasteiger partial charge in [0.05, 0.1) is 18.6 Å². The number of nitrogens with one attached hydrogen (secondary N) is 1. The summed E-state index contributed by atoms with van der Waals surface area (Å²) in [5, 5.41) is 3.72. The Morgan fingerprint density at radius 2 is 2.17 bits per heavy atom. The fraction of sp³-hybridized carbons (Fsp3) is 0.533. The summed E-state index contributed by atoms with van der Waals surface area (Å²) >= 11 is 3.32. The molecule has 0 amide bonds. The van der Waals surface area contributed by atoms with Crippen LogP contribution in [0.25, 0.3) is 10.2 Å². The number of fused-ring (bicyclic) bond motifs is 1. The minimum absolute atomic E-state index is 0.0238. The average molecular weight is 349 g/mol. The van der Waals surface area contributed by atoms with Gasteiger partial charge in [-0.05, 0) is 11.4 Å². The Morgan fingerprint density at radius 1 is 1.35 bits per heavy atom. The maximum Gasteiger partial charge on any atom is 0.268 e. The Bertz CT molecular complexity index is 791. The minimum Gasteiger partial charge on any atom is -0.349 e. The maximum absolute atomic E-state index is 12.0. The number of thiophene rings is 1. The Hall–Kier alpha value is -1.38. The van der Waals surface area contributed by atoms with E-state index in [0.29, 0.717) is 16.5 Å². The van der Waals surface area contributed by atoms with Crippen molar-refractivity contribution in [1.29, 1.82) is 0 Å². The number of aliphatic imine (C=N–C) groups is 1. The first-order valence-electron chi connectivity index (χ1n) is 7.84. The van der Waals surface area contributed by atoms with E-state index in [1.807, 2.05) is 23.2 Å². The summed E-state index contributed by atoms with van der Waals surface area (Å²) in [5.74, 6) is 0.760. The Balaban J connectivity index is 1.39. The second-order valence-electron chi connectivity index (χ2n) is 5.96. The molecule has 1 fully saturated rings. The van der Waals surface area contributed by atoms with Gasteiger partial charge in [-0.15, -0.1) is 11.3 Å². The predicted molar refractivity (Wildman–Crippen MR) is 96.4 cm³/mol. The van der Waals surface area contributed by atoms with Gasteiger partial charge in [0, 0.05) is 31.4 Å². The molecule has 6 nitrogen and oxygen atoms in total. The van der Waals surface area contributed by atoms with E-state index in [9.17, 15) is 4.79 Å². The number of aromatic nitrogens is 2. The topological polar surface area (TPSA) is 64.6 Å². The Labute approximate surface area is 142 Å². The SMILES string of the molecule is C[C@@H]1CN=C(N2CCN(Cc3nc4ccsc4c(=O)[nH]3)CC2)S1. The lowest BCUT2D eigenvalue weighted by molar-refractivity contribution is 0.174. The molecule has 4 rings (SSSR count). The van der Waals surface area contributed by atoms with Crippen LogP contribution in [0.5, 0.6) is 0 Å². The fourth-order valence-electron chi connectivity index (χ4n) is 2.94. The van der Waals surface area contributed by atoms with Gasteiger partial charge < -0.3 is 9.88 Å². The summed E-state index contributed by atoms with van der Waals surface area (Å²) < 4.78 is 0.712. The van der Waals surface area contributed by atoms with E-state index in [4.69, 9.17) is 0 Å². The van der Waals surface area contributed by atoms with Crippen molar-refractivity contribution < 1.29 is 0 Å².